The van der Waals surface area contributed by atoms with Crippen molar-refractivity contribution in [3.05, 3.63) is 35.4 Å². The summed E-state index contributed by atoms with van der Waals surface area (Å²) in [6.07, 6.45) is 2.51. The number of benzene rings is 1. The highest BCUT2D eigenvalue weighted by Gasteiger charge is 2.30. The number of hydrogen-bond acceptors (Lipinski definition) is 2. The molecule has 1 aromatic rings. The fourth-order valence-corrected chi connectivity index (χ4v) is 3.21. The third-order valence-electron chi connectivity index (χ3n) is 4.40. The van der Waals surface area contributed by atoms with Gasteiger partial charge < -0.3 is 10.2 Å². The van der Waals surface area contributed by atoms with Crippen LogP contribution in [0.2, 0.25) is 0 Å². The Morgan fingerprint density at radius 1 is 1.30 bits per heavy atom. The summed E-state index contributed by atoms with van der Waals surface area (Å²) in [5.74, 6) is 0. The second kappa shape index (κ2) is 6.73. The molecule has 1 heterocycles. The highest BCUT2D eigenvalue weighted by Crippen LogP contribution is 2.30. The van der Waals surface area contributed by atoms with Gasteiger partial charge in [-0.3, -0.25) is 0 Å². The van der Waals surface area contributed by atoms with E-state index >= 15 is 0 Å². The van der Waals surface area contributed by atoms with E-state index in [2.05, 4.69) is 62.2 Å². The lowest BCUT2D eigenvalue weighted by Crippen LogP contribution is -2.35. The van der Waals surface area contributed by atoms with Gasteiger partial charge in [0.25, 0.3) is 0 Å². The van der Waals surface area contributed by atoms with Crippen molar-refractivity contribution < 1.29 is 0 Å². The monoisotopic (exact) mass is 274 g/mol. The number of nitrogens with zero attached hydrogens (tertiary/aromatic N) is 1. The van der Waals surface area contributed by atoms with Crippen LogP contribution >= 0.6 is 0 Å². The van der Waals surface area contributed by atoms with E-state index in [-0.39, 0.29) is 0 Å². The Kier molecular flexibility index (Phi) is 5.22. The molecule has 0 spiro atoms. The van der Waals surface area contributed by atoms with Crippen LogP contribution in [0.5, 0.6) is 0 Å². The maximum Gasteiger partial charge on any atom is 0.0451 e. The van der Waals surface area contributed by atoms with Gasteiger partial charge in [-0.1, -0.05) is 45.0 Å². The van der Waals surface area contributed by atoms with Gasteiger partial charge in [0, 0.05) is 19.1 Å². The standard InChI is InChI=1S/C18H30N2/c1-5-11-19-17(16-9-7-6-8-15(16)2)13-20-12-10-18(3,4)14-20/h6-9,17,19H,5,10-14H2,1-4H3. The normalized spacial score (nSPS) is 20.2. The van der Waals surface area contributed by atoms with Gasteiger partial charge in [-0.2, -0.15) is 0 Å². The second-order valence-corrected chi connectivity index (χ2v) is 7.01. The Morgan fingerprint density at radius 2 is 2.05 bits per heavy atom. The third-order valence-corrected chi connectivity index (χ3v) is 4.40. The zero-order valence-corrected chi connectivity index (χ0v) is 13.6. The molecule has 0 aromatic heterocycles. The van der Waals surface area contributed by atoms with E-state index in [1.807, 2.05) is 0 Å². The first-order valence-corrected chi connectivity index (χ1v) is 8.03. The summed E-state index contributed by atoms with van der Waals surface area (Å²) in [6.45, 7) is 13.9. The molecule has 2 nitrogen and oxygen atoms in total. The number of likely N-dealkylation sites (tertiary alicyclic amines) is 1. The van der Waals surface area contributed by atoms with E-state index in [9.17, 15) is 0 Å². The molecule has 0 saturated carbocycles. The summed E-state index contributed by atoms with van der Waals surface area (Å²) < 4.78 is 0. The molecule has 0 amide bonds. The molecule has 1 N–H and O–H groups in total. The molecule has 1 unspecified atom stereocenters. The van der Waals surface area contributed by atoms with Crippen molar-refractivity contribution in [2.75, 3.05) is 26.2 Å². The minimum atomic E-state index is 0.463. The summed E-state index contributed by atoms with van der Waals surface area (Å²) in [6, 6.07) is 9.27. The lowest BCUT2D eigenvalue weighted by molar-refractivity contribution is 0.260. The van der Waals surface area contributed by atoms with Crippen LogP contribution < -0.4 is 5.32 Å². The molecule has 1 atom stereocenters. The summed E-state index contributed by atoms with van der Waals surface area (Å²) >= 11 is 0. The van der Waals surface area contributed by atoms with E-state index < -0.39 is 0 Å². The van der Waals surface area contributed by atoms with Crippen molar-refractivity contribution in [2.24, 2.45) is 5.41 Å². The molecule has 2 rings (SSSR count). The van der Waals surface area contributed by atoms with Gasteiger partial charge in [0.1, 0.15) is 0 Å². The average molecular weight is 274 g/mol. The fourth-order valence-electron chi connectivity index (χ4n) is 3.21. The van der Waals surface area contributed by atoms with Gasteiger partial charge in [0.15, 0.2) is 0 Å². The first kappa shape index (κ1) is 15.5. The van der Waals surface area contributed by atoms with Gasteiger partial charge >= 0.3 is 0 Å². The average Bonchev–Trinajstić information content (AvgIpc) is 2.75. The van der Waals surface area contributed by atoms with Gasteiger partial charge in [0.05, 0.1) is 0 Å². The largest absolute Gasteiger partial charge is 0.309 e. The number of aryl methyl sites for hydroxylation is 1. The maximum atomic E-state index is 3.74. The molecule has 1 saturated heterocycles. The molecule has 112 valence electrons. The smallest absolute Gasteiger partial charge is 0.0451 e. The van der Waals surface area contributed by atoms with E-state index in [0.29, 0.717) is 11.5 Å². The van der Waals surface area contributed by atoms with Crippen molar-refractivity contribution in [3.63, 3.8) is 0 Å². The zero-order chi connectivity index (χ0) is 14.6. The lowest BCUT2D eigenvalue weighted by atomic mass is 9.93. The molecule has 0 radical (unpaired) electrons. The lowest BCUT2D eigenvalue weighted by Gasteiger charge is -2.27. The van der Waals surface area contributed by atoms with Crippen LogP contribution in [0.1, 0.15) is 50.8 Å². The van der Waals surface area contributed by atoms with Crippen molar-refractivity contribution in [3.8, 4) is 0 Å². The SMILES string of the molecule is CCCNC(CN1CCC(C)(C)C1)c1ccccc1C. The minimum Gasteiger partial charge on any atom is -0.309 e. The Hall–Kier alpha value is -0.860. The summed E-state index contributed by atoms with van der Waals surface area (Å²) in [5, 5.41) is 3.74. The third kappa shape index (κ3) is 4.07. The number of rotatable bonds is 6. The van der Waals surface area contributed by atoms with Crippen molar-refractivity contribution >= 4 is 0 Å². The van der Waals surface area contributed by atoms with E-state index in [1.54, 1.807) is 0 Å². The first-order chi connectivity index (χ1) is 9.52. The molecule has 1 fully saturated rings. The Morgan fingerprint density at radius 3 is 2.65 bits per heavy atom. The molecule has 0 bridgehead atoms. The molecule has 1 aromatic carbocycles. The first-order valence-electron chi connectivity index (χ1n) is 8.03. The number of nitrogens with one attached hydrogen (secondary N) is 1. The van der Waals surface area contributed by atoms with Gasteiger partial charge in [-0.25, -0.2) is 0 Å². The van der Waals surface area contributed by atoms with Crippen LogP contribution in [-0.4, -0.2) is 31.1 Å². The van der Waals surface area contributed by atoms with Crippen LogP contribution in [0.25, 0.3) is 0 Å². The molecular weight excluding hydrogens is 244 g/mol. The van der Waals surface area contributed by atoms with Crippen molar-refractivity contribution in [2.45, 2.75) is 46.6 Å². The summed E-state index contributed by atoms with van der Waals surface area (Å²) in [5.41, 5.74) is 3.35. The summed E-state index contributed by atoms with van der Waals surface area (Å²) in [4.78, 5) is 2.62. The van der Waals surface area contributed by atoms with Crippen molar-refractivity contribution in [1.29, 1.82) is 0 Å². The quantitative estimate of drug-likeness (QED) is 0.849. The van der Waals surface area contributed by atoms with Gasteiger partial charge in [-0.05, 0) is 49.4 Å². The topological polar surface area (TPSA) is 15.3 Å². The van der Waals surface area contributed by atoms with Crippen LogP contribution in [0.3, 0.4) is 0 Å². The van der Waals surface area contributed by atoms with E-state index in [4.69, 9.17) is 0 Å². The Bertz CT molecular complexity index is 425. The van der Waals surface area contributed by atoms with Gasteiger partial charge in [0.2, 0.25) is 0 Å². The number of hydrogen-bond donors (Lipinski definition) is 1. The van der Waals surface area contributed by atoms with Crippen LogP contribution in [0.15, 0.2) is 24.3 Å². The molecule has 1 aliphatic heterocycles. The molecular formula is C18H30N2. The van der Waals surface area contributed by atoms with E-state index in [1.165, 1.54) is 37.1 Å². The molecule has 1 aliphatic rings. The van der Waals surface area contributed by atoms with E-state index in [0.717, 1.165) is 13.1 Å². The fraction of sp³-hybridized carbons (Fsp3) is 0.667. The summed E-state index contributed by atoms with van der Waals surface area (Å²) in [7, 11) is 0. The Labute approximate surface area is 124 Å². The predicted molar refractivity (Wildman–Crippen MR) is 87.1 cm³/mol. The van der Waals surface area contributed by atoms with Crippen LogP contribution in [0, 0.1) is 12.3 Å². The van der Waals surface area contributed by atoms with Gasteiger partial charge in [-0.15, -0.1) is 0 Å². The highest BCUT2D eigenvalue weighted by atomic mass is 15.2. The predicted octanol–water partition coefficient (Wildman–Crippen LogP) is 3.77. The molecule has 20 heavy (non-hydrogen) atoms. The maximum absolute atomic E-state index is 3.74. The van der Waals surface area contributed by atoms with Crippen LogP contribution in [0.4, 0.5) is 0 Å². The molecule has 0 aliphatic carbocycles. The van der Waals surface area contributed by atoms with Crippen molar-refractivity contribution in [1.82, 2.24) is 10.2 Å². The highest BCUT2D eigenvalue weighted by molar-refractivity contribution is 5.29. The Balaban J connectivity index is 2.06. The zero-order valence-electron chi connectivity index (χ0n) is 13.6. The minimum absolute atomic E-state index is 0.463. The second-order valence-electron chi connectivity index (χ2n) is 7.01. The van der Waals surface area contributed by atoms with Crippen LogP contribution in [-0.2, 0) is 0 Å². The molecule has 2 heteroatoms.